The summed E-state index contributed by atoms with van der Waals surface area (Å²) in [5.74, 6) is 0. The molecule has 2 rings (SSSR count). The van der Waals surface area contributed by atoms with Crippen LogP contribution in [0.2, 0.25) is 0 Å². The Morgan fingerprint density at radius 2 is 2.29 bits per heavy atom. The van der Waals surface area contributed by atoms with Gasteiger partial charge in [0.15, 0.2) is 0 Å². The summed E-state index contributed by atoms with van der Waals surface area (Å²) < 4.78 is 14.1. The van der Waals surface area contributed by atoms with Gasteiger partial charge in [-0.25, -0.2) is 9.37 Å². The molecule has 0 radical (unpaired) electrons. The van der Waals surface area contributed by atoms with Crippen LogP contribution in [0.15, 0.2) is 24.5 Å². The van der Waals surface area contributed by atoms with Gasteiger partial charge in [-0.1, -0.05) is 6.92 Å². The third kappa shape index (κ3) is 1.39. The zero-order valence-corrected chi connectivity index (χ0v) is 8.20. The van der Waals surface area contributed by atoms with E-state index in [1.807, 2.05) is 22.9 Å². The Labute approximate surface area is 82.4 Å². The number of alkyl halides is 1. The summed E-state index contributed by atoms with van der Waals surface area (Å²) in [4.78, 5) is 4.26. The summed E-state index contributed by atoms with van der Waals surface area (Å²) in [6.45, 7) is 2.16. The van der Waals surface area contributed by atoms with Gasteiger partial charge in [-0.2, -0.15) is 0 Å². The van der Waals surface area contributed by atoms with E-state index in [4.69, 9.17) is 0 Å². The molecule has 0 bridgehead atoms. The van der Waals surface area contributed by atoms with Crippen molar-refractivity contribution in [1.82, 2.24) is 9.55 Å². The van der Waals surface area contributed by atoms with Crippen LogP contribution in [0.1, 0.15) is 12.5 Å². The van der Waals surface area contributed by atoms with E-state index in [9.17, 15) is 4.39 Å². The summed E-state index contributed by atoms with van der Waals surface area (Å²) >= 11 is 0. The van der Waals surface area contributed by atoms with Gasteiger partial charge < -0.3 is 4.57 Å². The summed E-state index contributed by atoms with van der Waals surface area (Å²) in [6, 6.07) is 4.03. The number of hydrogen-bond acceptors (Lipinski definition) is 1. The number of fused-ring (bicyclic) bond motifs is 1. The molecule has 2 nitrogen and oxygen atoms in total. The van der Waals surface area contributed by atoms with Crippen LogP contribution >= 0.6 is 0 Å². The summed E-state index contributed by atoms with van der Waals surface area (Å²) in [6.07, 6.45) is 4.67. The maximum atomic E-state index is 12.2. The minimum atomic E-state index is -0.345. The van der Waals surface area contributed by atoms with Crippen LogP contribution in [0.25, 0.3) is 11.0 Å². The third-order valence-corrected chi connectivity index (χ3v) is 2.46. The highest BCUT2D eigenvalue weighted by molar-refractivity contribution is 5.79. The number of nitrogens with zero attached hydrogens (tertiary/aromatic N) is 2. The Kier molecular flexibility index (Phi) is 2.48. The predicted octanol–water partition coefficient (Wildman–Crippen LogP) is 2.57. The van der Waals surface area contributed by atoms with E-state index in [1.54, 1.807) is 6.20 Å². The summed E-state index contributed by atoms with van der Waals surface area (Å²) in [7, 11) is 0. The van der Waals surface area contributed by atoms with Crippen molar-refractivity contribution < 1.29 is 4.39 Å². The first-order chi connectivity index (χ1) is 6.86. The Morgan fingerprint density at radius 3 is 3.00 bits per heavy atom. The average molecular weight is 192 g/mol. The molecule has 0 unspecified atom stereocenters. The van der Waals surface area contributed by atoms with Crippen LogP contribution in [-0.4, -0.2) is 16.2 Å². The van der Waals surface area contributed by atoms with Crippen LogP contribution in [0.4, 0.5) is 4.39 Å². The van der Waals surface area contributed by atoms with Gasteiger partial charge in [0, 0.05) is 17.8 Å². The van der Waals surface area contributed by atoms with Crippen LogP contribution in [-0.2, 0) is 13.0 Å². The van der Waals surface area contributed by atoms with Crippen molar-refractivity contribution in [2.45, 2.75) is 19.9 Å². The van der Waals surface area contributed by atoms with E-state index in [0.29, 0.717) is 6.54 Å². The van der Waals surface area contributed by atoms with Crippen molar-refractivity contribution in [3.8, 4) is 0 Å². The lowest BCUT2D eigenvalue weighted by atomic mass is 10.1. The van der Waals surface area contributed by atoms with Gasteiger partial charge in [0.1, 0.15) is 12.3 Å². The molecule has 0 aliphatic carbocycles. The van der Waals surface area contributed by atoms with E-state index in [2.05, 4.69) is 11.9 Å². The van der Waals surface area contributed by atoms with Crippen LogP contribution in [0.5, 0.6) is 0 Å². The molecule has 0 aliphatic heterocycles. The highest BCUT2D eigenvalue weighted by atomic mass is 19.1. The van der Waals surface area contributed by atoms with Crippen molar-refractivity contribution in [3.05, 3.63) is 30.1 Å². The number of aryl methyl sites for hydroxylation is 2. The third-order valence-electron chi connectivity index (χ3n) is 2.46. The van der Waals surface area contributed by atoms with E-state index in [-0.39, 0.29) is 6.67 Å². The van der Waals surface area contributed by atoms with Crippen LogP contribution < -0.4 is 0 Å². The zero-order chi connectivity index (χ0) is 9.97. The molecule has 0 amide bonds. The van der Waals surface area contributed by atoms with Gasteiger partial charge in [0.05, 0.1) is 6.54 Å². The SMILES string of the molecule is CCc1ccnc2c1ccn2CCF. The van der Waals surface area contributed by atoms with E-state index in [1.165, 1.54) is 5.56 Å². The standard InChI is InChI=1S/C11H13FN2/c1-2-9-3-6-13-11-10(9)4-7-14(11)8-5-12/h3-4,6-7H,2,5,8H2,1H3. The molecule has 14 heavy (non-hydrogen) atoms. The summed E-state index contributed by atoms with van der Waals surface area (Å²) in [5.41, 5.74) is 2.16. The molecule has 0 spiro atoms. The minimum absolute atomic E-state index is 0.345. The predicted molar refractivity (Wildman–Crippen MR) is 55.1 cm³/mol. The molecule has 2 heterocycles. The Balaban J connectivity index is 2.57. The van der Waals surface area contributed by atoms with Crippen LogP contribution in [0, 0.1) is 0 Å². The molecule has 2 aromatic rings. The monoisotopic (exact) mass is 192 g/mol. The lowest BCUT2D eigenvalue weighted by Gasteiger charge is -2.02. The first-order valence-electron chi connectivity index (χ1n) is 4.85. The van der Waals surface area contributed by atoms with Crippen molar-refractivity contribution in [3.63, 3.8) is 0 Å². The quantitative estimate of drug-likeness (QED) is 0.730. The second-order valence-electron chi connectivity index (χ2n) is 3.26. The first kappa shape index (κ1) is 9.19. The first-order valence-corrected chi connectivity index (χ1v) is 4.85. The molecule has 0 saturated heterocycles. The fourth-order valence-corrected chi connectivity index (χ4v) is 1.73. The molecule has 0 aliphatic rings. The van der Waals surface area contributed by atoms with E-state index < -0.39 is 0 Å². The van der Waals surface area contributed by atoms with Gasteiger partial charge in [0.25, 0.3) is 0 Å². The number of halogens is 1. The molecular formula is C11H13FN2. The number of aromatic nitrogens is 2. The second-order valence-corrected chi connectivity index (χ2v) is 3.26. The van der Waals surface area contributed by atoms with E-state index in [0.717, 1.165) is 17.5 Å². The Morgan fingerprint density at radius 1 is 1.43 bits per heavy atom. The Bertz CT molecular complexity index is 434. The van der Waals surface area contributed by atoms with Crippen molar-refractivity contribution >= 4 is 11.0 Å². The van der Waals surface area contributed by atoms with Crippen molar-refractivity contribution in [2.75, 3.05) is 6.67 Å². The molecule has 0 aromatic carbocycles. The van der Waals surface area contributed by atoms with Gasteiger partial charge in [-0.05, 0) is 24.1 Å². The maximum Gasteiger partial charge on any atom is 0.140 e. The van der Waals surface area contributed by atoms with Crippen molar-refractivity contribution in [2.24, 2.45) is 0 Å². The normalized spacial score (nSPS) is 11.0. The zero-order valence-electron chi connectivity index (χ0n) is 8.20. The topological polar surface area (TPSA) is 17.8 Å². The van der Waals surface area contributed by atoms with Crippen LogP contribution in [0.3, 0.4) is 0 Å². The van der Waals surface area contributed by atoms with Crippen molar-refractivity contribution in [1.29, 1.82) is 0 Å². The molecule has 0 fully saturated rings. The van der Waals surface area contributed by atoms with Gasteiger partial charge >= 0.3 is 0 Å². The average Bonchev–Trinajstić information content (AvgIpc) is 2.62. The van der Waals surface area contributed by atoms with Gasteiger partial charge in [-0.3, -0.25) is 0 Å². The molecule has 3 heteroatoms. The van der Waals surface area contributed by atoms with E-state index >= 15 is 0 Å². The molecular weight excluding hydrogens is 179 g/mol. The lowest BCUT2D eigenvalue weighted by molar-refractivity contribution is 0.450. The second kappa shape index (κ2) is 3.78. The smallest absolute Gasteiger partial charge is 0.140 e. The summed E-state index contributed by atoms with van der Waals surface area (Å²) in [5, 5.41) is 1.14. The molecule has 2 aromatic heterocycles. The largest absolute Gasteiger partial charge is 0.330 e. The molecule has 0 atom stereocenters. The number of rotatable bonds is 3. The number of pyridine rings is 1. The fourth-order valence-electron chi connectivity index (χ4n) is 1.73. The van der Waals surface area contributed by atoms with Gasteiger partial charge in [0.2, 0.25) is 0 Å². The highest BCUT2D eigenvalue weighted by Crippen LogP contribution is 2.18. The van der Waals surface area contributed by atoms with Gasteiger partial charge in [-0.15, -0.1) is 0 Å². The Hall–Kier alpha value is -1.38. The fraction of sp³-hybridized carbons (Fsp3) is 0.364. The maximum absolute atomic E-state index is 12.2. The number of hydrogen-bond donors (Lipinski definition) is 0. The molecule has 0 saturated carbocycles. The lowest BCUT2D eigenvalue weighted by Crippen LogP contribution is -1.98. The minimum Gasteiger partial charge on any atom is -0.330 e. The highest BCUT2D eigenvalue weighted by Gasteiger charge is 2.04. The molecule has 0 N–H and O–H groups in total. The molecule has 74 valence electrons.